The number of nitrogens with zero attached hydrogens (tertiary/aromatic N) is 6. The monoisotopic (exact) mass is 896 g/mol. The lowest BCUT2D eigenvalue weighted by atomic mass is 10.0. The number of hydrogen-bond donors (Lipinski definition) is 2. The quantitative estimate of drug-likeness (QED) is 0.120. The minimum atomic E-state index is -3.68. The van der Waals surface area contributed by atoms with E-state index in [9.17, 15) is 16.8 Å². The highest BCUT2D eigenvalue weighted by Gasteiger charge is 2.25. The van der Waals surface area contributed by atoms with Gasteiger partial charge in [-0.25, -0.2) is 56.2 Å². The Morgan fingerprint density at radius 1 is 0.562 bits per heavy atom. The molecule has 14 nitrogen and oxygen atoms in total. The fourth-order valence-electron chi connectivity index (χ4n) is 7.68. The summed E-state index contributed by atoms with van der Waals surface area (Å²) >= 11 is 0. The minimum Gasteiger partial charge on any atom is -0.381 e. The Morgan fingerprint density at radius 2 is 1.09 bits per heavy atom. The van der Waals surface area contributed by atoms with Crippen LogP contribution in [-0.4, -0.2) is 66.6 Å². The van der Waals surface area contributed by atoms with Gasteiger partial charge in [0.2, 0.25) is 20.0 Å². The number of hydrogen-bond acceptors (Lipinski definition) is 12. The maximum Gasteiger partial charge on any atom is 0.240 e. The molecule has 328 valence electrons. The van der Waals surface area contributed by atoms with Crippen LogP contribution in [0.1, 0.15) is 56.7 Å². The predicted octanol–water partition coefficient (Wildman–Crippen LogP) is 8.19. The van der Waals surface area contributed by atoms with Crippen LogP contribution in [0.25, 0.3) is 44.6 Å². The highest BCUT2D eigenvalue weighted by Crippen LogP contribution is 2.33. The Balaban J connectivity index is 0.000000191. The molecule has 2 unspecified atom stereocenters. The highest BCUT2D eigenvalue weighted by atomic mass is 32.2. The number of pyridine rings is 2. The van der Waals surface area contributed by atoms with Gasteiger partial charge in [-0.1, -0.05) is 84.9 Å². The Hall–Kier alpha value is -6.40. The van der Waals surface area contributed by atoms with Crippen molar-refractivity contribution in [1.29, 1.82) is 0 Å². The van der Waals surface area contributed by atoms with Crippen molar-refractivity contribution < 1.29 is 29.2 Å². The van der Waals surface area contributed by atoms with E-state index in [0.29, 0.717) is 47.9 Å². The summed E-state index contributed by atoms with van der Waals surface area (Å²) in [5.74, 6) is 0.192. The van der Waals surface area contributed by atoms with E-state index in [1.165, 1.54) is 6.33 Å². The van der Waals surface area contributed by atoms with Gasteiger partial charge in [-0.05, 0) is 78.9 Å². The summed E-state index contributed by atoms with van der Waals surface area (Å²) in [6, 6.07) is 39.9. The van der Waals surface area contributed by atoms with Crippen molar-refractivity contribution >= 4 is 42.1 Å². The Kier molecular flexibility index (Phi) is 12.8. The van der Waals surface area contributed by atoms with Crippen LogP contribution in [0.5, 0.6) is 0 Å². The van der Waals surface area contributed by atoms with Gasteiger partial charge in [0.1, 0.15) is 29.8 Å². The predicted molar refractivity (Wildman–Crippen MR) is 247 cm³/mol. The van der Waals surface area contributed by atoms with Gasteiger partial charge in [-0.3, -0.25) is 0 Å². The summed E-state index contributed by atoms with van der Waals surface area (Å²) in [4.78, 5) is 27.5. The molecule has 6 heterocycles. The third kappa shape index (κ3) is 9.87. The SMILES string of the molecule is O=S(=O)(NCc1ccccc1)c1cccc(-c2ccc3ncnc(C4CCCO4)c3n2)c1.O=S(=O)(NCc1ccccc1)c1cccc(-c2ccc3ncnc(C4CCOC4)c3n2)c1.[HH].[HH]. The van der Waals surface area contributed by atoms with Crippen LogP contribution >= 0.6 is 0 Å². The molecule has 4 aromatic carbocycles. The van der Waals surface area contributed by atoms with Crippen molar-refractivity contribution in [2.45, 2.75) is 54.2 Å². The van der Waals surface area contributed by atoms with Gasteiger partial charge in [0.05, 0.1) is 50.2 Å². The van der Waals surface area contributed by atoms with Crippen LogP contribution < -0.4 is 9.44 Å². The first-order valence-corrected chi connectivity index (χ1v) is 23.9. The normalized spacial score (nSPS) is 16.4. The molecule has 8 aromatic rings. The summed E-state index contributed by atoms with van der Waals surface area (Å²) in [6.45, 7) is 2.51. The molecule has 2 aliphatic rings. The van der Waals surface area contributed by atoms with Crippen molar-refractivity contribution in [2.75, 3.05) is 19.8 Å². The van der Waals surface area contributed by atoms with E-state index < -0.39 is 20.0 Å². The summed E-state index contributed by atoms with van der Waals surface area (Å²) in [6.07, 6.45) is 5.80. The van der Waals surface area contributed by atoms with Crippen molar-refractivity contribution in [3.63, 3.8) is 0 Å². The lowest BCUT2D eigenvalue weighted by Crippen LogP contribution is -2.23. The number of nitrogens with one attached hydrogen (secondary N) is 2. The van der Waals surface area contributed by atoms with Crippen LogP contribution in [0.2, 0.25) is 0 Å². The molecule has 2 aliphatic heterocycles. The second kappa shape index (κ2) is 19.1. The molecule has 2 saturated heterocycles. The average molecular weight is 897 g/mol. The van der Waals surface area contributed by atoms with Crippen molar-refractivity contribution in [3.8, 4) is 22.5 Å². The molecule has 64 heavy (non-hydrogen) atoms. The first-order chi connectivity index (χ1) is 31.2. The average Bonchev–Trinajstić information content (AvgIpc) is 4.10. The van der Waals surface area contributed by atoms with Crippen molar-refractivity contribution in [2.24, 2.45) is 0 Å². The lowest BCUT2D eigenvalue weighted by molar-refractivity contribution is 0.109. The molecular formula is C48H48N8O6S2. The van der Waals surface area contributed by atoms with Gasteiger partial charge in [0, 0.05) is 46.2 Å². The highest BCUT2D eigenvalue weighted by molar-refractivity contribution is 7.89. The third-order valence-electron chi connectivity index (χ3n) is 11.1. The van der Waals surface area contributed by atoms with E-state index in [1.54, 1.807) is 42.7 Å². The molecular weight excluding hydrogens is 849 g/mol. The maximum absolute atomic E-state index is 12.9. The van der Waals surface area contributed by atoms with Gasteiger partial charge in [-0.2, -0.15) is 0 Å². The van der Waals surface area contributed by atoms with Crippen molar-refractivity contribution in [3.05, 3.63) is 169 Å². The minimum absolute atomic E-state index is 0. The fraction of sp³-hybridized carbons (Fsp3) is 0.208. The van der Waals surface area contributed by atoms with E-state index in [1.807, 2.05) is 97.1 Å². The molecule has 16 heteroatoms. The fourth-order valence-corrected chi connectivity index (χ4v) is 9.80. The second-order valence-corrected chi connectivity index (χ2v) is 18.9. The van der Waals surface area contributed by atoms with Crippen LogP contribution in [0, 0.1) is 0 Å². The van der Waals surface area contributed by atoms with E-state index >= 15 is 0 Å². The summed E-state index contributed by atoms with van der Waals surface area (Å²) in [5.41, 5.74) is 9.12. The van der Waals surface area contributed by atoms with E-state index in [0.717, 1.165) is 58.3 Å². The van der Waals surface area contributed by atoms with Crippen LogP contribution in [0.3, 0.4) is 0 Å². The molecule has 2 fully saturated rings. The summed E-state index contributed by atoms with van der Waals surface area (Å²) in [5, 5.41) is 0. The topological polar surface area (TPSA) is 188 Å². The number of ether oxygens (including phenoxy) is 2. The lowest BCUT2D eigenvalue weighted by Gasteiger charge is -2.12. The maximum atomic E-state index is 12.9. The van der Waals surface area contributed by atoms with Gasteiger partial charge >= 0.3 is 0 Å². The molecule has 0 spiro atoms. The Labute approximate surface area is 374 Å². The first kappa shape index (κ1) is 42.9. The summed E-state index contributed by atoms with van der Waals surface area (Å²) in [7, 11) is -7.35. The largest absolute Gasteiger partial charge is 0.381 e. The molecule has 0 saturated carbocycles. The van der Waals surface area contributed by atoms with Gasteiger partial charge in [0.25, 0.3) is 0 Å². The summed E-state index contributed by atoms with van der Waals surface area (Å²) < 4.78 is 68.1. The number of aromatic nitrogens is 6. The van der Waals surface area contributed by atoms with E-state index in [-0.39, 0.29) is 37.8 Å². The zero-order valence-electron chi connectivity index (χ0n) is 34.6. The third-order valence-corrected chi connectivity index (χ3v) is 13.9. The molecule has 0 aliphatic carbocycles. The standard InChI is InChI=1S/2C24H22N4O3S.2H2/c29-32(30,27-15-17-6-2-1-3-7-17)19-9-4-8-18(14-19)20-11-12-21-23(28-20)24(26-16-25-21)22-10-5-13-31-22;29-32(30,27-14-17-5-2-1-3-6-17)20-8-4-7-18(13-20)21-9-10-22-24(28-21)23(26-16-25-22)19-11-12-31-15-19;;/h1-4,6-9,11-12,14,16,22,27H,5,10,13,15H2;1-10,13,16,19,27H,11-12,14-15H2;2*1H. The van der Waals surface area contributed by atoms with Crippen LogP contribution in [-0.2, 0) is 42.6 Å². The number of sulfonamides is 2. The van der Waals surface area contributed by atoms with Gasteiger partial charge in [-0.15, -0.1) is 0 Å². The Bertz CT molecular complexity index is 2930. The Morgan fingerprint density at radius 3 is 1.59 bits per heavy atom. The molecule has 2 N–H and O–H groups in total. The zero-order valence-corrected chi connectivity index (χ0v) is 36.3. The van der Waals surface area contributed by atoms with Gasteiger partial charge < -0.3 is 9.47 Å². The molecule has 0 radical (unpaired) electrons. The molecule has 0 bridgehead atoms. The number of benzene rings is 4. The van der Waals surface area contributed by atoms with Crippen molar-refractivity contribution in [1.82, 2.24) is 39.3 Å². The molecule has 4 aromatic heterocycles. The molecule has 2 atom stereocenters. The number of fused-ring (bicyclic) bond motifs is 2. The smallest absolute Gasteiger partial charge is 0.240 e. The first-order valence-electron chi connectivity index (χ1n) is 20.9. The van der Waals surface area contributed by atoms with Crippen LogP contribution in [0.4, 0.5) is 0 Å². The van der Waals surface area contributed by atoms with Crippen LogP contribution in [0.15, 0.2) is 156 Å². The molecule has 0 amide bonds. The zero-order chi connectivity index (χ0) is 43.9. The molecule has 10 rings (SSSR count). The number of rotatable bonds is 12. The second-order valence-electron chi connectivity index (χ2n) is 15.4. The van der Waals surface area contributed by atoms with Gasteiger partial charge in [0.15, 0.2) is 0 Å². The van der Waals surface area contributed by atoms with E-state index in [4.69, 9.17) is 19.4 Å². The van der Waals surface area contributed by atoms with E-state index in [2.05, 4.69) is 29.4 Å².